The van der Waals surface area contributed by atoms with Crippen LogP contribution < -0.4 is 0 Å². The molecule has 15 heavy (non-hydrogen) atoms. The Morgan fingerprint density at radius 3 is 2.93 bits per heavy atom. The minimum absolute atomic E-state index is 0.248. The van der Waals surface area contributed by atoms with Crippen LogP contribution in [0.25, 0.3) is 10.9 Å². The molecule has 1 atom stereocenters. The van der Waals surface area contributed by atoms with E-state index in [1.165, 1.54) is 0 Å². The average Bonchev–Trinajstić information content (AvgIpc) is 2.62. The molecule has 2 rings (SSSR count). The average molecular weight is 204 g/mol. The van der Waals surface area contributed by atoms with E-state index in [2.05, 4.69) is 4.98 Å². The van der Waals surface area contributed by atoms with Crippen LogP contribution in [0.1, 0.15) is 12.5 Å². The number of hydrogen-bond donors (Lipinski definition) is 1. The van der Waals surface area contributed by atoms with E-state index in [-0.39, 0.29) is 4.92 Å². The van der Waals surface area contributed by atoms with Gasteiger partial charge in [-0.2, -0.15) is 0 Å². The SMILES string of the molecule is C[C@H](Cc1c[nH]c2ccccc12)[N+](=O)[O-]. The molecule has 4 nitrogen and oxygen atoms in total. The van der Waals surface area contributed by atoms with Gasteiger partial charge in [0, 0.05) is 35.4 Å². The van der Waals surface area contributed by atoms with E-state index in [0.29, 0.717) is 6.42 Å². The maximum absolute atomic E-state index is 10.6. The van der Waals surface area contributed by atoms with Crippen LogP contribution in [0.15, 0.2) is 30.5 Å². The van der Waals surface area contributed by atoms with E-state index in [0.717, 1.165) is 16.5 Å². The molecule has 1 aromatic heterocycles. The fourth-order valence-electron chi connectivity index (χ4n) is 1.69. The molecule has 0 aliphatic rings. The molecule has 4 heteroatoms. The summed E-state index contributed by atoms with van der Waals surface area (Å²) in [7, 11) is 0. The Morgan fingerprint density at radius 1 is 1.47 bits per heavy atom. The molecule has 0 amide bonds. The molecule has 1 heterocycles. The summed E-state index contributed by atoms with van der Waals surface area (Å²) in [5.74, 6) is 0. The van der Waals surface area contributed by atoms with Crippen LogP contribution in [0.4, 0.5) is 0 Å². The largest absolute Gasteiger partial charge is 0.361 e. The second-order valence-corrected chi connectivity index (χ2v) is 3.70. The van der Waals surface area contributed by atoms with Crippen molar-refractivity contribution in [1.82, 2.24) is 4.98 Å². The van der Waals surface area contributed by atoms with Gasteiger partial charge in [0.1, 0.15) is 0 Å². The lowest BCUT2D eigenvalue weighted by Gasteiger charge is -2.01. The van der Waals surface area contributed by atoms with Gasteiger partial charge in [-0.15, -0.1) is 0 Å². The summed E-state index contributed by atoms with van der Waals surface area (Å²) in [4.78, 5) is 13.4. The molecule has 0 saturated heterocycles. The van der Waals surface area contributed by atoms with Crippen molar-refractivity contribution in [1.29, 1.82) is 0 Å². The van der Waals surface area contributed by atoms with Gasteiger partial charge in [-0.25, -0.2) is 0 Å². The number of para-hydroxylation sites is 1. The maximum Gasteiger partial charge on any atom is 0.214 e. The van der Waals surface area contributed by atoms with Gasteiger partial charge in [0.05, 0.1) is 0 Å². The summed E-state index contributed by atoms with van der Waals surface area (Å²) in [6.07, 6.45) is 2.32. The van der Waals surface area contributed by atoms with E-state index >= 15 is 0 Å². The first-order valence-corrected chi connectivity index (χ1v) is 4.87. The first-order valence-electron chi connectivity index (χ1n) is 4.87. The standard InChI is InChI=1S/C11H12N2O2/c1-8(13(14)15)6-9-7-12-11-5-3-2-4-10(9)11/h2-5,7-8,12H,6H2,1H3/t8-/m1/s1. The Hall–Kier alpha value is -1.84. The highest BCUT2D eigenvalue weighted by atomic mass is 16.6. The molecule has 0 aliphatic carbocycles. The number of benzene rings is 1. The number of hydrogen-bond acceptors (Lipinski definition) is 2. The quantitative estimate of drug-likeness (QED) is 0.616. The van der Waals surface area contributed by atoms with Crippen molar-refractivity contribution < 1.29 is 4.92 Å². The summed E-state index contributed by atoms with van der Waals surface area (Å²) in [6, 6.07) is 7.30. The van der Waals surface area contributed by atoms with Gasteiger partial charge in [-0.05, 0) is 11.6 Å². The maximum atomic E-state index is 10.6. The number of aromatic amines is 1. The van der Waals surface area contributed by atoms with Crippen molar-refractivity contribution in [3.63, 3.8) is 0 Å². The normalized spacial score (nSPS) is 12.9. The summed E-state index contributed by atoms with van der Waals surface area (Å²) in [5, 5.41) is 11.6. The third-order valence-electron chi connectivity index (χ3n) is 2.55. The summed E-state index contributed by atoms with van der Waals surface area (Å²) in [5.41, 5.74) is 2.04. The summed E-state index contributed by atoms with van der Waals surface area (Å²) < 4.78 is 0. The van der Waals surface area contributed by atoms with Gasteiger partial charge in [0.25, 0.3) is 0 Å². The van der Waals surface area contributed by atoms with Crippen molar-refractivity contribution in [2.24, 2.45) is 0 Å². The molecule has 0 spiro atoms. The lowest BCUT2D eigenvalue weighted by atomic mass is 10.1. The van der Waals surface area contributed by atoms with E-state index in [1.807, 2.05) is 30.5 Å². The Kier molecular flexibility index (Phi) is 2.41. The molecule has 1 aromatic carbocycles. The summed E-state index contributed by atoms with van der Waals surface area (Å²) >= 11 is 0. The molecular weight excluding hydrogens is 192 g/mol. The third kappa shape index (κ3) is 1.83. The highest BCUT2D eigenvalue weighted by molar-refractivity contribution is 5.83. The minimum Gasteiger partial charge on any atom is -0.361 e. The molecule has 78 valence electrons. The highest BCUT2D eigenvalue weighted by Crippen LogP contribution is 2.19. The predicted molar refractivity (Wildman–Crippen MR) is 58.5 cm³/mol. The minimum atomic E-state index is -0.538. The van der Waals surface area contributed by atoms with Gasteiger partial charge in [-0.3, -0.25) is 10.1 Å². The van der Waals surface area contributed by atoms with Gasteiger partial charge < -0.3 is 4.98 Å². The number of rotatable bonds is 3. The van der Waals surface area contributed by atoms with Crippen LogP contribution in [-0.4, -0.2) is 15.9 Å². The lowest BCUT2D eigenvalue weighted by molar-refractivity contribution is -0.517. The fraction of sp³-hybridized carbons (Fsp3) is 0.273. The molecule has 0 saturated carbocycles. The van der Waals surface area contributed by atoms with Crippen LogP contribution in [-0.2, 0) is 6.42 Å². The first-order chi connectivity index (χ1) is 7.18. The molecule has 0 unspecified atom stereocenters. The molecule has 0 fully saturated rings. The van der Waals surface area contributed by atoms with E-state index < -0.39 is 6.04 Å². The monoisotopic (exact) mass is 204 g/mol. The zero-order chi connectivity index (χ0) is 10.8. The van der Waals surface area contributed by atoms with E-state index in [1.54, 1.807) is 6.92 Å². The Bertz CT molecular complexity index is 490. The number of H-pyrrole nitrogens is 1. The Morgan fingerprint density at radius 2 is 2.20 bits per heavy atom. The zero-order valence-electron chi connectivity index (χ0n) is 8.43. The predicted octanol–water partition coefficient (Wildman–Crippen LogP) is 2.38. The number of aromatic nitrogens is 1. The molecule has 0 bridgehead atoms. The van der Waals surface area contributed by atoms with E-state index in [4.69, 9.17) is 0 Å². The van der Waals surface area contributed by atoms with Crippen molar-refractivity contribution in [2.45, 2.75) is 19.4 Å². The topological polar surface area (TPSA) is 58.9 Å². The van der Waals surface area contributed by atoms with Crippen LogP contribution in [0.5, 0.6) is 0 Å². The number of fused-ring (bicyclic) bond motifs is 1. The molecular formula is C11H12N2O2. The number of nitro groups is 1. The van der Waals surface area contributed by atoms with Gasteiger partial charge in [0.2, 0.25) is 6.04 Å². The van der Waals surface area contributed by atoms with Crippen LogP contribution in [0, 0.1) is 10.1 Å². The van der Waals surface area contributed by atoms with Gasteiger partial charge in [0.15, 0.2) is 0 Å². The fourth-order valence-corrected chi connectivity index (χ4v) is 1.69. The summed E-state index contributed by atoms with van der Waals surface area (Å²) in [6.45, 7) is 1.63. The second kappa shape index (κ2) is 3.73. The first kappa shape index (κ1) is 9.71. The van der Waals surface area contributed by atoms with Crippen molar-refractivity contribution in [2.75, 3.05) is 0 Å². The van der Waals surface area contributed by atoms with Crippen LogP contribution >= 0.6 is 0 Å². The van der Waals surface area contributed by atoms with Crippen molar-refractivity contribution in [3.05, 3.63) is 46.1 Å². The smallest absolute Gasteiger partial charge is 0.214 e. The second-order valence-electron chi connectivity index (χ2n) is 3.70. The highest BCUT2D eigenvalue weighted by Gasteiger charge is 2.15. The zero-order valence-corrected chi connectivity index (χ0v) is 8.43. The van der Waals surface area contributed by atoms with Crippen LogP contribution in [0.2, 0.25) is 0 Å². The van der Waals surface area contributed by atoms with Gasteiger partial charge in [-0.1, -0.05) is 18.2 Å². The van der Waals surface area contributed by atoms with Crippen LogP contribution in [0.3, 0.4) is 0 Å². The molecule has 2 aromatic rings. The molecule has 0 radical (unpaired) electrons. The lowest BCUT2D eigenvalue weighted by Crippen LogP contribution is -2.17. The van der Waals surface area contributed by atoms with E-state index in [9.17, 15) is 10.1 Å². The van der Waals surface area contributed by atoms with Crippen molar-refractivity contribution >= 4 is 10.9 Å². The Labute approximate surface area is 87.1 Å². The van der Waals surface area contributed by atoms with Gasteiger partial charge >= 0.3 is 0 Å². The van der Waals surface area contributed by atoms with Crippen molar-refractivity contribution in [3.8, 4) is 0 Å². The Balaban J connectivity index is 2.32. The number of nitrogens with one attached hydrogen (secondary N) is 1. The molecule has 1 N–H and O–H groups in total. The molecule has 0 aliphatic heterocycles. The third-order valence-corrected chi connectivity index (χ3v) is 2.55. The number of nitrogens with zero attached hydrogens (tertiary/aromatic N) is 1.